The van der Waals surface area contributed by atoms with Crippen molar-refractivity contribution < 1.29 is 19.5 Å². The molecule has 2 amide bonds. The van der Waals surface area contributed by atoms with Crippen LogP contribution in [-0.4, -0.2) is 45.1 Å². The Kier molecular flexibility index (Phi) is 7.96. The van der Waals surface area contributed by atoms with Crippen molar-refractivity contribution in [1.29, 1.82) is 0 Å². The maximum absolute atomic E-state index is 13.5. The number of carbonyl (C=O) groups is 3. The van der Waals surface area contributed by atoms with Crippen molar-refractivity contribution in [1.82, 2.24) is 10.2 Å². The van der Waals surface area contributed by atoms with Crippen LogP contribution in [0.15, 0.2) is 54.6 Å². The number of aliphatic carboxylic acids is 1. The molecule has 2 N–H and O–H groups in total. The van der Waals surface area contributed by atoms with Crippen LogP contribution in [0.5, 0.6) is 0 Å². The number of rotatable bonds is 8. The number of carbonyl (C=O) groups excluding carboxylic acids is 2. The summed E-state index contributed by atoms with van der Waals surface area (Å²) >= 11 is 4.46. The minimum atomic E-state index is -1.03. The van der Waals surface area contributed by atoms with E-state index in [1.807, 2.05) is 68.4 Å². The Morgan fingerprint density at radius 1 is 1.09 bits per heavy atom. The molecule has 3 atom stereocenters. The number of fused-ring (bicyclic) bond motifs is 1. The summed E-state index contributed by atoms with van der Waals surface area (Å²) in [6, 6.07) is 15.4. The molecule has 0 bridgehead atoms. The van der Waals surface area contributed by atoms with Crippen LogP contribution in [-0.2, 0) is 33.8 Å². The zero-order valence-corrected chi connectivity index (χ0v) is 19.3. The molecule has 1 heterocycles. The highest BCUT2D eigenvalue weighted by Gasteiger charge is 2.38. The van der Waals surface area contributed by atoms with Crippen molar-refractivity contribution in [3.8, 4) is 0 Å². The lowest BCUT2D eigenvalue weighted by molar-refractivity contribution is -0.152. The van der Waals surface area contributed by atoms with E-state index in [4.69, 9.17) is 0 Å². The van der Waals surface area contributed by atoms with Crippen molar-refractivity contribution in [3.05, 3.63) is 71.3 Å². The van der Waals surface area contributed by atoms with Crippen molar-refractivity contribution in [2.75, 3.05) is 0 Å². The zero-order valence-electron chi connectivity index (χ0n) is 18.4. The second-order valence-corrected chi connectivity index (χ2v) is 9.31. The second-order valence-electron chi connectivity index (χ2n) is 8.69. The Morgan fingerprint density at radius 3 is 2.34 bits per heavy atom. The molecule has 0 fully saturated rings. The monoisotopic (exact) mass is 454 g/mol. The van der Waals surface area contributed by atoms with E-state index in [1.54, 1.807) is 0 Å². The summed E-state index contributed by atoms with van der Waals surface area (Å²) in [6.07, 6.45) is 1.09. The van der Waals surface area contributed by atoms with Crippen molar-refractivity contribution >= 4 is 30.4 Å². The lowest BCUT2D eigenvalue weighted by Gasteiger charge is -2.31. The fourth-order valence-electron chi connectivity index (χ4n) is 4.06. The normalized spacial score (nSPS) is 17.9. The van der Waals surface area contributed by atoms with Crippen LogP contribution in [0, 0.1) is 5.92 Å². The van der Waals surface area contributed by atoms with E-state index in [1.165, 1.54) is 4.90 Å². The van der Waals surface area contributed by atoms with Gasteiger partial charge in [-0.05, 0) is 35.4 Å². The third-order valence-electron chi connectivity index (χ3n) is 5.71. The smallest absolute Gasteiger partial charge is 0.326 e. The van der Waals surface area contributed by atoms with Gasteiger partial charge >= 0.3 is 5.97 Å². The zero-order chi connectivity index (χ0) is 23.3. The summed E-state index contributed by atoms with van der Waals surface area (Å²) in [4.78, 5) is 39.8. The van der Waals surface area contributed by atoms with E-state index in [-0.39, 0.29) is 24.3 Å². The fourth-order valence-corrected chi connectivity index (χ4v) is 4.35. The lowest BCUT2D eigenvalue weighted by Crippen LogP contribution is -2.54. The van der Waals surface area contributed by atoms with Gasteiger partial charge in [0.15, 0.2) is 0 Å². The van der Waals surface area contributed by atoms with Crippen LogP contribution in [0.1, 0.15) is 37.0 Å². The standard InChI is InChI=1S/C25H30N2O4S/c1-16(2)12-21(25(30)31)27-15-19-11-7-6-10-18(19)14-20(24(27)29)26-23(28)22(32)13-17-8-4-3-5-9-17/h3-11,16,20-22,32H,12-15H2,1-2H3,(H,26,28)(H,30,31)/t20-,21-,22+/m0/s1. The van der Waals surface area contributed by atoms with Gasteiger partial charge in [-0.25, -0.2) is 4.79 Å². The highest BCUT2D eigenvalue weighted by atomic mass is 32.1. The Bertz CT molecular complexity index is 963. The van der Waals surface area contributed by atoms with Gasteiger partial charge in [-0.3, -0.25) is 9.59 Å². The van der Waals surface area contributed by atoms with Gasteiger partial charge in [0.1, 0.15) is 12.1 Å². The quantitative estimate of drug-likeness (QED) is 0.535. The number of nitrogens with zero attached hydrogens (tertiary/aromatic N) is 1. The van der Waals surface area contributed by atoms with Crippen LogP contribution in [0.2, 0.25) is 0 Å². The first-order valence-corrected chi connectivity index (χ1v) is 11.4. The molecular formula is C25H30N2O4S. The van der Waals surface area contributed by atoms with E-state index in [0.717, 1.165) is 16.7 Å². The minimum Gasteiger partial charge on any atom is -0.480 e. The van der Waals surface area contributed by atoms with Crippen LogP contribution in [0.4, 0.5) is 0 Å². The topological polar surface area (TPSA) is 86.7 Å². The molecule has 0 aromatic heterocycles. The average molecular weight is 455 g/mol. The first kappa shape index (κ1) is 23.9. The van der Waals surface area contributed by atoms with Gasteiger partial charge in [-0.15, -0.1) is 0 Å². The van der Waals surface area contributed by atoms with Gasteiger partial charge in [-0.1, -0.05) is 68.4 Å². The predicted molar refractivity (Wildman–Crippen MR) is 126 cm³/mol. The van der Waals surface area contributed by atoms with Gasteiger partial charge in [-0.2, -0.15) is 12.6 Å². The predicted octanol–water partition coefficient (Wildman–Crippen LogP) is 3.10. The average Bonchev–Trinajstić information content (AvgIpc) is 2.89. The number of carboxylic acids is 1. The molecule has 2 aromatic rings. The van der Waals surface area contributed by atoms with Gasteiger partial charge in [0, 0.05) is 13.0 Å². The van der Waals surface area contributed by atoms with Crippen LogP contribution < -0.4 is 5.32 Å². The molecule has 170 valence electrons. The van der Waals surface area contributed by atoms with Gasteiger partial charge < -0.3 is 15.3 Å². The summed E-state index contributed by atoms with van der Waals surface area (Å²) < 4.78 is 0. The maximum atomic E-state index is 13.5. The first-order chi connectivity index (χ1) is 15.3. The highest BCUT2D eigenvalue weighted by Crippen LogP contribution is 2.24. The van der Waals surface area contributed by atoms with Gasteiger partial charge in [0.05, 0.1) is 5.25 Å². The summed E-state index contributed by atoms with van der Waals surface area (Å²) in [5.74, 6) is -1.65. The highest BCUT2D eigenvalue weighted by molar-refractivity contribution is 7.81. The first-order valence-electron chi connectivity index (χ1n) is 10.9. The molecule has 7 heteroatoms. The summed E-state index contributed by atoms with van der Waals surface area (Å²) in [6.45, 7) is 4.07. The van der Waals surface area contributed by atoms with E-state index in [2.05, 4.69) is 17.9 Å². The van der Waals surface area contributed by atoms with E-state index < -0.39 is 23.3 Å². The summed E-state index contributed by atoms with van der Waals surface area (Å²) in [5, 5.41) is 12.1. The van der Waals surface area contributed by atoms with Crippen LogP contribution in [0.3, 0.4) is 0 Å². The maximum Gasteiger partial charge on any atom is 0.326 e. The molecule has 0 spiro atoms. The van der Waals surface area contributed by atoms with Crippen molar-refractivity contribution in [3.63, 3.8) is 0 Å². The second kappa shape index (κ2) is 10.7. The number of amides is 2. The number of carboxylic acid groups (broad SMARTS) is 1. The van der Waals surface area contributed by atoms with E-state index >= 15 is 0 Å². The molecule has 0 saturated carbocycles. The van der Waals surface area contributed by atoms with Gasteiger partial charge in [0.25, 0.3) is 0 Å². The fraction of sp³-hybridized carbons (Fsp3) is 0.400. The van der Waals surface area contributed by atoms with E-state index in [9.17, 15) is 19.5 Å². The molecule has 32 heavy (non-hydrogen) atoms. The number of nitrogens with one attached hydrogen (secondary N) is 1. The van der Waals surface area contributed by atoms with Crippen molar-refractivity contribution in [2.45, 2.75) is 57.0 Å². The van der Waals surface area contributed by atoms with Crippen LogP contribution >= 0.6 is 12.6 Å². The Hall–Kier alpha value is -2.80. The molecule has 0 radical (unpaired) electrons. The number of benzene rings is 2. The van der Waals surface area contributed by atoms with Gasteiger partial charge in [0.2, 0.25) is 11.8 Å². The number of hydrogen-bond donors (Lipinski definition) is 3. The molecule has 1 aliphatic rings. The Morgan fingerprint density at radius 2 is 1.72 bits per heavy atom. The third kappa shape index (κ3) is 5.91. The summed E-state index contributed by atoms with van der Waals surface area (Å²) in [7, 11) is 0. The molecule has 0 saturated heterocycles. The van der Waals surface area contributed by atoms with E-state index in [0.29, 0.717) is 19.3 Å². The number of thiol groups is 1. The Labute approximate surface area is 194 Å². The molecule has 0 aliphatic carbocycles. The molecule has 0 unspecified atom stereocenters. The summed E-state index contributed by atoms with van der Waals surface area (Å²) in [5.41, 5.74) is 2.81. The molecule has 1 aliphatic heterocycles. The SMILES string of the molecule is CC(C)C[C@@H](C(=O)O)N1Cc2ccccc2C[C@H](NC(=O)[C@H](S)Cc2ccccc2)C1=O. The molecular weight excluding hydrogens is 424 g/mol. The third-order valence-corrected chi connectivity index (χ3v) is 6.13. The molecule has 6 nitrogen and oxygen atoms in total. The Balaban J connectivity index is 1.84. The minimum absolute atomic E-state index is 0.100. The number of hydrogen-bond acceptors (Lipinski definition) is 4. The molecule has 3 rings (SSSR count). The molecule has 2 aromatic carbocycles. The van der Waals surface area contributed by atoms with Crippen LogP contribution in [0.25, 0.3) is 0 Å². The largest absolute Gasteiger partial charge is 0.480 e. The van der Waals surface area contributed by atoms with Crippen molar-refractivity contribution in [2.24, 2.45) is 5.92 Å². The lowest BCUT2D eigenvalue weighted by atomic mass is 10.0.